The van der Waals surface area contributed by atoms with Crippen molar-refractivity contribution in [1.29, 1.82) is 0 Å². The molecule has 2 N–H and O–H groups in total. The number of nitrogens with two attached hydrogens (primary N) is 1. The molecule has 0 unspecified atom stereocenters. The highest BCUT2D eigenvalue weighted by atomic mass is 15.1. The van der Waals surface area contributed by atoms with Crippen LogP contribution in [-0.4, -0.2) is 9.55 Å². The normalized spacial score (nSPS) is 11.6. The molecule has 0 aliphatic heterocycles. The van der Waals surface area contributed by atoms with Crippen LogP contribution < -0.4 is 5.73 Å². The summed E-state index contributed by atoms with van der Waals surface area (Å²) < 4.78 is 2.04. The highest BCUT2D eigenvalue weighted by molar-refractivity contribution is 5.38. The van der Waals surface area contributed by atoms with Crippen molar-refractivity contribution in [2.75, 3.05) is 5.73 Å². The highest BCUT2D eigenvalue weighted by Crippen LogP contribution is 2.27. The lowest BCUT2D eigenvalue weighted by atomic mass is 9.99. The number of rotatable bonds is 4. The summed E-state index contributed by atoms with van der Waals surface area (Å²) in [7, 11) is 0. The van der Waals surface area contributed by atoms with Crippen molar-refractivity contribution in [3.05, 3.63) is 12.0 Å². The summed E-state index contributed by atoms with van der Waals surface area (Å²) >= 11 is 0. The van der Waals surface area contributed by atoms with Crippen LogP contribution in [0.4, 0.5) is 5.82 Å². The Bertz CT molecular complexity index is 285. The Labute approximate surface area is 86.3 Å². The molecule has 1 rings (SSSR count). The van der Waals surface area contributed by atoms with Crippen molar-refractivity contribution in [3.63, 3.8) is 0 Å². The van der Waals surface area contributed by atoms with Gasteiger partial charge in [-0.1, -0.05) is 13.8 Å². The minimum atomic E-state index is 0.394. The van der Waals surface area contributed by atoms with E-state index in [0.717, 1.165) is 24.4 Å². The predicted octanol–water partition coefficient (Wildman–Crippen LogP) is 2.95. The van der Waals surface area contributed by atoms with Crippen LogP contribution in [0.25, 0.3) is 0 Å². The van der Waals surface area contributed by atoms with Crippen LogP contribution in [0.3, 0.4) is 0 Å². The molecular weight excluding hydrogens is 174 g/mol. The monoisotopic (exact) mass is 195 g/mol. The molecule has 0 atom stereocenters. The van der Waals surface area contributed by atoms with Gasteiger partial charge < -0.3 is 10.3 Å². The van der Waals surface area contributed by atoms with E-state index in [0.29, 0.717) is 12.0 Å². The molecule has 0 fully saturated rings. The number of hydrogen-bond donors (Lipinski definition) is 1. The molecule has 0 saturated carbocycles. The maximum Gasteiger partial charge on any atom is 0.127 e. The lowest BCUT2D eigenvalue weighted by Gasteiger charge is -2.13. The SMILES string of the molecule is CCC(CC)c1ncn(C(C)C)c1N. The Hall–Kier alpha value is -0.990. The number of hydrogen-bond acceptors (Lipinski definition) is 2. The average molecular weight is 195 g/mol. The smallest absolute Gasteiger partial charge is 0.127 e. The Balaban J connectivity index is 2.99. The lowest BCUT2D eigenvalue weighted by molar-refractivity contribution is 0.602. The maximum atomic E-state index is 6.06. The maximum absolute atomic E-state index is 6.06. The molecule has 0 aliphatic carbocycles. The molecule has 0 aliphatic rings. The summed E-state index contributed by atoms with van der Waals surface area (Å²) in [5.74, 6) is 1.35. The Morgan fingerprint density at radius 3 is 2.29 bits per heavy atom. The molecule has 0 amide bonds. The molecule has 0 spiro atoms. The summed E-state index contributed by atoms with van der Waals surface area (Å²) in [6.07, 6.45) is 4.07. The van der Waals surface area contributed by atoms with Crippen LogP contribution in [0.1, 0.15) is 58.2 Å². The zero-order valence-electron chi connectivity index (χ0n) is 9.62. The van der Waals surface area contributed by atoms with Gasteiger partial charge in [0.25, 0.3) is 0 Å². The van der Waals surface area contributed by atoms with Crippen LogP contribution in [0.5, 0.6) is 0 Å². The third kappa shape index (κ3) is 1.91. The molecule has 0 saturated heterocycles. The summed E-state index contributed by atoms with van der Waals surface area (Å²) in [6.45, 7) is 8.60. The summed E-state index contributed by atoms with van der Waals surface area (Å²) in [4.78, 5) is 4.42. The van der Waals surface area contributed by atoms with Crippen LogP contribution in [0, 0.1) is 0 Å². The lowest BCUT2D eigenvalue weighted by Crippen LogP contribution is -2.07. The zero-order valence-corrected chi connectivity index (χ0v) is 9.62. The van der Waals surface area contributed by atoms with Crippen LogP contribution in [0.15, 0.2) is 6.33 Å². The van der Waals surface area contributed by atoms with Crippen LogP contribution >= 0.6 is 0 Å². The molecule has 1 aromatic heterocycles. The summed E-state index contributed by atoms with van der Waals surface area (Å²) in [6, 6.07) is 0.394. The van der Waals surface area contributed by atoms with Gasteiger partial charge in [0.1, 0.15) is 5.82 Å². The van der Waals surface area contributed by atoms with E-state index in [1.807, 2.05) is 10.9 Å². The molecule has 1 aromatic rings. The molecule has 14 heavy (non-hydrogen) atoms. The molecule has 3 nitrogen and oxygen atoms in total. The van der Waals surface area contributed by atoms with Gasteiger partial charge in [-0.15, -0.1) is 0 Å². The van der Waals surface area contributed by atoms with Crippen molar-refractivity contribution in [1.82, 2.24) is 9.55 Å². The van der Waals surface area contributed by atoms with Gasteiger partial charge in [-0.25, -0.2) is 4.98 Å². The topological polar surface area (TPSA) is 43.8 Å². The number of imidazole rings is 1. The van der Waals surface area contributed by atoms with Gasteiger partial charge in [-0.2, -0.15) is 0 Å². The van der Waals surface area contributed by atoms with Gasteiger partial charge in [0.15, 0.2) is 0 Å². The number of nitrogen functional groups attached to an aromatic ring is 1. The quantitative estimate of drug-likeness (QED) is 0.802. The van der Waals surface area contributed by atoms with Gasteiger partial charge >= 0.3 is 0 Å². The molecule has 1 heterocycles. The fraction of sp³-hybridized carbons (Fsp3) is 0.727. The summed E-state index contributed by atoms with van der Waals surface area (Å²) in [5.41, 5.74) is 7.13. The third-order valence-electron chi connectivity index (χ3n) is 2.79. The van der Waals surface area contributed by atoms with E-state index < -0.39 is 0 Å². The number of nitrogens with zero attached hydrogens (tertiary/aromatic N) is 2. The first-order valence-electron chi connectivity index (χ1n) is 5.43. The Kier molecular flexibility index (Phi) is 3.55. The van der Waals surface area contributed by atoms with Crippen molar-refractivity contribution in [2.45, 2.75) is 52.5 Å². The minimum absolute atomic E-state index is 0.394. The van der Waals surface area contributed by atoms with E-state index in [-0.39, 0.29) is 0 Å². The third-order valence-corrected chi connectivity index (χ3v) is 2.79. The largest absolute Gasteiger partial charge is 0.384 e. The first-order chi connectivity index (χ1) is 6.61. The molecule has 0 aromatic carbocycles. The van der Waals surface area contributed by atoms with E-state index in [1.165, 1.54) is 0 Å². The van der Waals surface area contributed by atoms with Gasteiger partial charge in [0.05, 0.1) is 12.0 Å². The standard InChI is InChI=1S/C11H21N3/c1-5-9(6-2)10-11(12)14(7-13-10)8(3)4/h7-9H,5-6,12H2,1-4H3. The molecular formula is C11H21N3. The van der Waals surface area contributed by atoms with Gasteiger partial charge in [-0.3, -0.25) is 0 Å². The van der Waals surface area contributed by atoms with Gasteiger partial charge in [0.2, 0.25) is 0 Å². The van der Waals surface area contributed by atoms with E-state index in [2.05, 4.69) is 32.7 Å². The van der Waals surface area contributed by atoms with Crippen molar-refractivity contribution in [2.24, 2.45) is 0 Å². The van der Waals surface area contributed by atoms with E-state index >= 15 is 0 Å². The number of aromatic nitrogens is 2. The Morgan fingerprint density at radius 2 is 1.93 bits per heavy atom. The fourth-order valence-electron chi connectivity index (χ4n) is 1.79. The summed E-state index contributed by atoms with van der Waals surface area (Å²) in [5, 5.41) is 0. The predicted molar refractivity (Wildman–Crippen MR) is 60.3 cm³/mol. The van der Waals surface area contributed by atoms with E-state index in [9.17, 15) is 0 Å². The van der Waals surface area contributed by atoms with Gasteiger partial charge in [0, 0.05) is 12.0 Å². The van der Waals surface area contributed by atoms with Crippen LogP contribution in [0.2, 0.25) is 0 Å². The second-order valence-corrected chi connectivity index (χ2v) is 4.03. The van der Waals surface area contributed by atoms with Gasteiger partial charge in [-0.05, 0) is 26.7 Å². The molecule has 0 radical (unpaired) electrons. The fourth-order valence-corrected chi connectivity index (χ4v) is 1.79. The molecule has 3 heteroatoms. The second kappa shape index (κ2) is 4.49. The number of anilines is 1. The van der Waals surface area contributed by atoms with E-state index in [1.54, 1.807) is 0 Å². The first-order valence-corrected chi connectivity index (χ1v) is 5.43. The average Bonchev–Trinajstić information content (AvgIpc) is 2.51. The zero-order chi connectivity index (χ0) is 10.7. The van der Waals surface area contributed by atoms with E-state index in [4.69, 9.17) is 5.73 Å². The second-order valence-electron chi connectivity index (χ2n) is 4.03. The Morgan fingerprint density at radius 1 is 1.36 bits per heavy atom. The first kappa shape index (κ1) is 11.1. The minimum Gasteiger partial charge on any atom is -0.384 e. The van der Waals surface area contributed by atoms with Crippen molar-refractivity contribution >= 4 is 5.82 Å². The highest BCUT2D eigenvalue weighted by Gasteiger charge is 2.16. The molecule has 80 valence electrons. The molecule has 0 bridgehead atoms. The van der Waals surface area contributed by atoms with Crippen molar-refractivity contribution in [3.8, 4) is 0 Å². The van der Waals surface area contributed by atoms with Crippen molar-refractivity contribution < 1.29 is 0 Å². The van der Waals surface area contributed by atoms with Crippen LogP contribution in [-0.2, 0) is 0 Å².